The molecule has 0 atom stereocenters. The lowest BCUT2D eigenvalue weighted by Crippen LogP contribution is -2.27. The van der Waals surface area contributed by atoms with E-state index in [0.29, 0.717) is 5.56 Å². The Balaban J connectivity index is 2.48. The summed E-state index contributed by atoms with van der Waals surface area (Å²) in [7, 11) is 0. The van der Waals surface area contributed by atoms with Crippen molar-refractivity contribution in [2.45, 2.75) is 26.4 Å². The molecular formula is C14H15BrN2O2. The maximum Gasteiger partial charge on any atom is 0.435 e. The molecule has 0 N–H and O–H groups in total. The zero-order chi connectivity index (χ0) is 15.8. The second kappa shape index (κ2) is 5.17. The summed E-state index contributed by atoms with van der Waals surface area (Å²) in [6.45, 7) is 5.19. The van der Waals surface area contributed by atoms with Crippen molar-refractivity contribution in [2.24, 2.45) is 0 Å². The minimum absolute atomic E-state index is 0.141. The van der Waals surface area contributed by atoms with Crippen molar-refractivity contribution in [3.8, 4) is 11.1 Å². The van der Waals surface area contributed by atoms with Crippen molar-refractivity contribution in [3.05, 3.63) is 41.1 Å². The molecule has 5 heteroatoms. The number of hydrogen-bond donors (Lipinski definition) is 0. The molecule has 1 aromatic carbocycles. The third-order valence-corrected chi connectivity index (χ3v) is 2.88. The van der Waals surface area contributed by atoms with Crippen molar-refractivity contribution in [2.75, 3.05) is 0 Å². The highest BCUT2D eigenvalue weighted by atomic mass is 79.9. The van der Waals surface area contributed by atoms with Gasteiger partial charge in [-0.1, -0.05) is 34.1 Å². The van der Waals surface area contributed by atoms with Crippen LogP contribution in [-0.2, 0) is 4.74 Å². The van der Waals surface area contributed by atoms with Crippen LogP contribution in [0.1, 0.15) is 23.5 Å². The third kappa shape index (κ3) is 3.44. The van der Waals surface area contributed by atoms with E-state index in [4.69, 9.17) is 7.48 Å². The van der Waals surface area contributed by atoms with E-state index < -0.39 is 11.7 Å². The monoisotopic (exact) mass is 324 g/mol. The van der Waals surface area contributed by atoms with E-state index in [-0.39, 0.29) is 17.9 Å². The van der Waals surface area contributed by atoms with Crippen molar-refractivity contribution in [1.29, 1.82) is 0 Å². The average molecular weight is 325 g/mol. The van der Waals surface area contributed by atoms with Crippen molar-refractivity contribution in [1.82, 2.24) is 9.78 Å². The summed E-state index contributed by atoms with van der Waals surface area (Å²) in [6.07, 6.45) is -1.07. The lowest BCUT2D eigenvalue weighted by Gasteiger charge is -2.18. The molecule has 0 radical (unpaired) electrons. The average Bonchev–Trinajstić information content (AvgIpc) is 2.64. The molecule has 0 unspecified atom stereocenters. The van der Waals surface area contributed by atoms with Gasteiger partial charge < -0.3 is 4.74 Å². The highest BCUT2D eigenvalue weighted by Crippen LogP contribution is 2.27. The van der Waals surface area contributed by atoms with Crippen LogP contribution in [0.2, 0.25) is 0 Å². The summed E-state index contributed by atoms with van der Waals surface area (Å²) in [6, 6.07) is 7.19. The van der Waals surface area contributed by atoms with Crippen LogP contribution in [0.25, 0.3) is 11.1 Å². The summed E-state index contributed by atoms with van der Waals surface area (Å²) in [5, 5.41) is 3.81. The van der Waals surface area contributed by atoms with Crippen LogP contribution in [0.15, 0.2) is 41.1 Å². The zero-order valence-electron chi connectivity index (χ0n) is 12.9. The Hall–Kier alpha value is -1.62. The van der Waals surface area contributed by atoms with Gasteiger partial charge in [0.1, 0.15) is 5.60 Å². The lowest BCUT2D eigenvalue weighted by atomic mass is 10.1. The van der Waals surface area contributed by atoms with Gasteiger partial charge in [0, 0.05) is 16.2 Å². The highest BCUT2D eigenvalue weighted by Gasteiger charge is 2.18. The minimum atomic E-state index is -0.765. The Morgan fingerprint density at radius 2 is 2.11 bits per heavy atom. The van der Waals surface area contributed by atoms with Gasteiger partial charge in [-0.25, -0.2) is 4.79 Å². The van der Waals surface area contributed by atoms with Gasteiger partial charge in [0.05, 0.1) is 8.91 Å². The van der Waals surface area contributed by atoms with Crippen molar-refractivity contribution < 1.29 is 12.3 Å². The first-order valence-electron chi connectivity index (χ1n) is 6.75. The number of benzene rings is 1. The predicted octanol–water partition coefficient (Wildman–Crippen LogP) is 4.10. The van der Waals surface area contributed by atoms with Crippen LogP contribution in [0, 0.1) is 0 Å². The summed E-state index contributed by atoms with van der Waals surface area (Å²) in [4.78, 5) is 12.0. The molecule has 1 aromatic heterocycles. The molecule has 4 nitrogen and oxygen atoms in total. The molecule has 0 bridgehead atoms. The Morgan fingerprint density at radius 1 is 1.42 bits per heavy atom. The van der Waals surface area contributed by atoms with Crippen LogP contribution < -0.4 is 0 Å². The van der Waals surface area contributed by atoms with Gasteiger partial charge in [-0.2, -0.15) is 9.78 Å². The van der Waals surface area contributed by atoms with Crippen molar-refractivity contribution in [3.63, 3.8) is 0 Å². The molecule has 1 heterocycles. The van der Waals surface area contributed by atoms with Gasteiger partial charge in [0.2, 0.25) is 0 Å². The van der Waals surface area contributed by atoms with Crippen molar-refractivity contribution >= 4 is 22.0 Å². The second-order valence-electron chi connectivity index (χ2n) is 4.97. The maximum absolute atomic E-state index is 12.0. The molecular weight excluding hydrogens is 308 g/mol. The van der Waals surface area contributed by atoms with E-state index in [1.165, 1.54) is 0 Å². The van der Waals surface area contributed by atoms with E-state index in [9.17, 15) is 4.79 Å². The summed E-state index contributed by atoms with van der Waals surface area (Å²) < 4.78 is 22.7. The second-order valence-corrected chi connectivity index (χ2v) is 5.82. The summed E-state index contributed by atoms with van der Waals surface area (Å²) in [5.74, 6) is 0. The number of carbonyl (C=O) groups is 1. The molecule has 19 heavy (non-hydrogen) atoms. The zero-order valence-corrected chi connectivity index (χ0v) is 12.5. The van der Waals surface area contributed by atoms with Gasteiger partial charge in [-0.05, 0) is 32.4 Å². The fourth-order valence-electron chi connectivity index (χ4n) is 1.43. The Bertz CT molecular complexity index is 693. The Labute approximate surface area is 123 Å². The van der Waals surface area contributed by atoms with E-state index in [1.807, 2.05) is 6.07 Å². The SMILES string of the molecule is [2H]c1nn(C(=O)OC(C)(C)C)c([2H])c1-c1ccccc1Br. The lowest BCUT2D eigenvalue weighted by molar-refractivity contribution is 0.0514. The van der Waals surface area contributed by atoms with E-state index in [1.54, 1.807) is 39.0 Å². The number of halogens is 1. The third-order valence-electron chi connectivity index (χ3n) is 2.19. The molecule has 2 rings (SSSR count). The molecule has 2 aromatic rings. The number of ether oxygens (including phenoxy) is 1. The molecule has 0 amide bonds. The summed E-state index contributed by atoms with van der Waals surface area (Å²) in [5.41, 5.74) is 0.237. The van der Waals surface area contributed by atoms with Gasteiger partial charge in [-0.15, -0.1) is 0 Å². The minimum Gasteiger partial charge on any atom is -0.442 e. The fourth-order valence-corrected chi connectivity index (χ4v) is 1.91. The number of rotatable bonds is 1. The molecule has 0 fully saturated rings. The Kier molecular flexibility index (Phi) is 3.05. The topological polar surface area (TPSA) is 44.1 Å². The highest BCUT2D eigenvalue weighted by molar-refractivity contribution is 9.10. The van der Waals surface area contributed by atoms with E-state index in [2.05, 4.69) is 21.0 Å². The maximum atomic E-state index is 12.0. The molecule has 0 spiro atoms. The first kappa shape index (κ1) is 11.2. The fraction of sp³-hybridized carbons (Fsp3) is 0.286. The van der Waals surface area contributed by atoms with Gasteiger partial charge in [-0.3, -0.25) is 0 Å². The van der Waals surface area contributed by atoms with Crippen LogP contribution in [-0.4, -0.2) is 21.5 Å². The molecule has 0 saturated heterocycles. The molecule has 100 valence electrons. The normalized spacial score (nSPS) is 12.8. The van der Waals surface area contributed by atoms with Gasteiger partial charge in [0.15, 0.2) is 0 Å². The summed E-state index contributed by atoms with van der Waals surface area (Å²) >= 11 is 3.38. The first-order chi connectivity index (χ1) is 9.70. The largest absolute Gasteiger partial charge is 0.442 e. The number of aromatic nitrogens is 2. The van der Waals surface area contributed by atoms with Crippen LogP contribution in [0.3, 0.4) is 0 Å². The van der Waals surface area contributed by atoms with Crippen LogP contribution >= 0.6 is 15.9 Å². The smallest absolute Gasteiger partial charge is 0.435 e. The van der Waals surface area contributed by atoms with Crippen LogP contribution in [0.4, 0.5) is 4.79 Å². The number of carbonyl (C=O) groups excluding carboxylic acids is 1. The van der Waals surface area contributed by atoms with Gasteiger partial charge >= 0.3 is 6.09 Å². The molecule has 0 saturated carbocycles. The number of hydrogen-bond acceptors (Lipinski definition) is 3. The molecule has 0 aliphatic rings. The van der Waals surface area contributed by atoms with E-state index in [0.717, 1.165) is 9.15 Å². The quantitative estimate of drug-likeness (QED) is 0.793. The van der Waals surface area contributed by atoms with Gasteiger partial charge in [0.25, 0.3) is 0 Å². The van der Waals surface area contributed by atoms with E-state index >= 15 is 0 Å². The number of nitrogens with zero attached hydrogens (tertiary/aromatic N) is 2. The molecule has 0 aliphatic carbocycles. The standard InChI is InChI=1S/C14H15BrN2O2/c1-14(2,3)19-13(18)17-9-10(8-16-17)11-6-4-5-7-12(11)15/h4-9H,1-3H3/i8D,9D. The Morgan fingerprint density at radius 3 is 2.74 bits per heavy atom. The van der Waals surface area contributed by atoms with Crippen LogP contribution in [0.5, 0.6) is 0 Å². The predicted molar refractivity (Wildman–Crippen MR) is 77.0 cm³/mol. The first-order valence-corrected chi connectivity index (χ1v) is 6.54. The molecule has 0 aliphatic heterocycles.